The minimum absolute atomic E-state index is 0.00892. The first-order valence-electron chi connectivity index (χ1n) is 8.03. The normalized spacial score (nSPS) is 11.7. The first kappa shape index (κ1) is 19.1. The Kier molecular flexibility index (Phi) is 5.94. The van der Waals surface area contributed by atoms with Gasteiger partial charge in [-0.3, -0.25) is 4.79 Å². The molecule has 0 bridgehead atoms. The zero-order valence-electron chi connectivity index (χ0n) is 14.9. The van der Waals surface area contributed by atoms with Gasteiger partial charge >= 0.3 is 0 Å². The van der Waals surface area contributed by atoms with Gasteiger partial charge in [0.1, 0.15) is 11.5 Å². The maximum atomic E-state index is 12.2. The molecule has 0 radical (unpaired) electrons. The van der Waals surface area contributed by atoms with E-state index in [1.807, 2.05) is 33.8 Å². The van der Waals surface area contributed by atoms with Gasteiger partial charge in [0.15, 0.2) is 15.7 Å². The monoisotopic (exact) mass is 365 g/mol. The maximum Gasteiger partial charge on any atom is 0.241 e. The highest BCUT2D eigenvalue weighted by Crippen LogP contribution is 2.14. The number of aryl methyl sites for hydroxylation is 2. The van der Waals surface area contributed by atoms with Crippen LogP contribution in [0.25, 0.3) is 0 Å². The Morgan fingerprint density at radius 2 is 1.96 bits per heavy atom. The molecule has 1 aromatic heterocycles. The highest BCUT2D eigenvalue weighted by molar-refractivity contribution is 7.91. The van der Waals surface area contributed by atoms with Crippen LogP contribution in [-0.2, 0) is 26.8 Å². The zero-order chi connectivity index (χ0) is 18.6. The van der Waals surface area contributed by atoms with E-state index in [0.717, 1.165) is 11.1 Å². The fraction of sp³-hybridized carbons (Fsp3) is 0.471. The van der Waals surface area contributed by atoms with Crippen molar-refractivity contribution in [3.8, 4) is 0 Å². The number of benzene rings is 1. The smallest absolute Gasteiger partial charge is 0.241 e. The molecule has 0 saturated heterocycles. The second-order valence-corrected chi connectivity index (χ2v) is 8.65. The molecular formula is C17H23N3O4S. The van der Waals surface area contributed by atoms with Crippen molar-refractivity contribution in [1.29, 1.82) is 0 Å². The number of aromatic nitrogens is 2. The van der Waals surface area contributed by atoms with Crippen LogP contribution >= 0.6 is 0 Å². The van der Waals surface area contributed by atoms with E-state index < -0.39 is 27.3 Å². The van der Waals surface area contributed by atoms with Gasteiger partial charge in [0.25, 0.3) is 0 Å². The lowest BCUT2D eigenvalue weighted by atomic mass is 10.1. The second-order valence-electron chi connectivity index (χ2n) is 6.58. The molecule has 0 saturated carbocycles. The Morgan fingerprint density at radius 3 is 2.60 bits per heavy atom. The number of hydrogen-bond acceptors (Lipinski definition) is 6. The molecule has 2 aromatic rings. The first-order chi connectivity index (χ1) is 11.6. The Labute approximate surface area is 147 Å². The summed E-state index contributed by atoms with van der Waals surface area (Å²) in [6.07, 6.45) is 0.608. The van der Waals surface area contributed by atoms with Gasteiger partial charge in [-0.1, -0.05) is 25.1 Å². The molecule has 0 spiro atoms. The molecule has 0 aliphatic carbocycles. The van der Waals surface area contributed by atoms with Gasteiger partial charge in [-0.05, 0) is 43.0 Å². The topological polar surface area (TPSA) is 102 Å². The fourth-order valence-corrected chi connectivity index (χ4v) is 3.32. The van der Waals surface area contributed by atoms with Crippen molar-refractivity contribution in [3.63, 3.8) is 0 Å². The third-order valence-corrected chi connectivity index (χ3v) is 4.97. The van der Waals surface area contributed by atoms with Gasteiger partial charge in [-0.15, -0.1) is 0 Å². The highest BCUT2D eigenvalue weighted by atomic mass is 32.2. The number of nitrogens with zero attached hydrogens (tertiary/aromatic N) is 2. The summed E-state index contributed by atoms with van der Waals surface area (Å²) in [7, 11) is -3.70. The lowest BCUT2D eigenvalue weighted by Gasteiger charge is -2.07. The van der Waals surface area contributed by atoms with E-state index >= 15 is 0 Å². The minimum atomic E-state index is -3.70. The second kappa shape index (κ2) is 7.77. The molecule has 7 nitrogen and oxygen atoms in total. The molecule has 1 heterocycles. The van der Waals surface area contributed by atoms with Crippen LogP contribution in [0.4, 0.5) is 5.69 Å². The lowest BCUT2D eigenvalue weighted by Crippen LogP contribution is -2.24. The minimum Gasteiger partial charge on any atom is -0.338 e. The molecule has 2 rings (SSSR count). The van der Waals surface area contributed by atoms with Gasteiger partial charge < -0.3 is 9.84 Å². The average molecular weight is 365 g/mol. The van der Waals surface area contributed by atoms with Gasteiger partial charge in [0, 0.05) is 12.1 Å². The van der Waals surface area contributed by atoms with Crippen LogP contribution in [-0.4, -0.2) is 30.2 Å². The van der Waals surface area contributed by atoms with Crippen LogP contribution in [0.15, 0.2) is 22.7 Å². The number of amides is 1. The van der Waals surface area contributed by atoms with Crippen molar-refractivity contribution in [2.24, 2.45) is 5.92 Å². The van der Waals surface area contributed by atoms with Crippen molar-refractivity contribution >= 4 is 21.4 Å². The molecule has 1 N–H and O–H groups in total. The number of carbonyl (C=O) groups is 1. The SMILES string of the molecule is Cc1ccc(NC(=O)CS(=O)(=O)Cc2nc(CC(C)C)no2)cc1C. The van der Waals surface area contributed by atoms with Crippen molar-refractivity contribution < 1.29 is 17.7 Å². The molecule has 136 valence electrons. The summed E-state index contributed by atoms with van der Waals surface area (Å²) < 4.78 is 29.3. The van der Waals surface area contributed by atoms with Gasteiger partial charge in [0.05, 0.1) is 0 Å². The number of nitrogens with one attached hydrogen (secondary N) is 1. The van der Waals surface area contributed by atoms with E-state index in [0.29, 0.717) is 23.9 Å². The fourth-order valence-electron chi connectivity index (χ4n) is 2.25. The van der Waals surface area contributed by atoms with Crippen LogP contribution in [0.5, 0.6) is 0 Å². The van der Waals surface area contributed by atoms with E-state index in [9.17, 15) is 13.2 Å². The maximum absolute atomic E-state index is 12.2. The molecule has 8 heteroatoms. The zero-order valence-corrected chi connectivity index (χ0v) is 15.7. The Bertz CT molecular complexity index is 857. The Balaban J connectivity index is 1.96. The summed E-state index contributed by atoms with van der Waals surface area (Å²) in [6, 6.07) is 5.41. The number of sulfone groups is 1. The van der Waals surface area contributed by atoms with E-state index in [1.165, 1.54) is 0 Å². The van der Waals surface area contributed by atoms with Crippen molar-refractivity contribution in [2.75, 3.05) is 11.1 Å². The van der Waals surface area contributed by atoms with Gasteiger partial charge in [-0.25, -0.2) is 8.42 Å². The van der Waals surface area contributed by atoms with Crippen LogP contribution < -0.4 is 5.32 Å². The first-order valence-corrected chi connectivity index (χ1v) is 9.86. The van der Waals surface area contributed by atoms with E-state index in [2.05, 4.69) is 15.5 Å². The van der Waals surface area contributed by atoms with Crippen molar-refractivity contribution in [3.05, 3.63) is 41.0 Å². The Hall–Kier alpha value is -2.22. The van der Waals surface area contributed by atoms with Crippen LogP contribution in [0, 0.1) is 19.8 Å². The lowest BCUT2D eigenvalue weighted by molar-refractivity contribution is -0.113. The number of anilines is 1. The molecule has 25 heavy (non-hydrogen) atoms. The summed E-state index contributed by atoms with van der Waals surface area (Å²) in [5.74, 6) is -0.856. The number of rotatable bonds is 7. The summed E-state index contributed by atoms with van der Waals surface area (Å²) >= 11 is 0. The predicted molar refractivity (Wildman–Crippen MR) is 94.9 cm³/mol. The molecule has 0 atom stereocenters. The molecule has 0 aliphatic heterocycles. The van der Waals surface area contributed by atoms with Crippen LogP contribution in [0.2, 0.25) is 0 Å². The molecule has 0 aliphatic rings. The largest absolute Gasteiger partial charge is 0.338 e. The molecule has 1 amide bonds. The highest BCUT2D eigenvalue weighted by Gasteiger charge is 2.21. The predicted octanol–water partition coefficient (Wildman–Crippen LogP) is 2.44. The van der Waals surface area contributed by atoms with Crippen molar-refractivity contribution in [2.45, 2.75) is 39.9 Å². The standard InChI is InChI=1S/C17H23N3O4S/c1-11(2)7-15-19-17(24-20-15)10-25(22,23)9-16(21)18-14-6-5-12(3)13(4)8-14/h5-6,8,11H,7,9-10H2,1-4H3,(H,18,21). The quantitative estimate of drug-likeness (QED) is 0.808. The van der Waals surface area contributed by atoms with E-state index in [4.69, 9.17) is 4.52 Å². The van der Waals surface area contributed by atoms with Crippen LogP contribution in [0.1, 0.15) is 36.7 Å². The van der Waals surface area contributed by atoms with Crippen molar-refractivity contribution in [1.82, 2.24) is 10.1 Å². The molecular weight excluding hydrogens is 342 g/mol. The molecule has 1 aromatic carbocycles. The molecule has 0 unspecified atom stereocenters. The van der Waals surface area contributed by atoms with Gasteiger partial charge in [0.2, 0.25) is 11.8 Å². The third-order valence-electron chi connectivity index (χ3n) is 3.59. The van der Waals surface area contributed by atoms with Gasteiger partial charge in [-0.2, -0.15) is 4.98 Å². The molecule has 0 fully saturated rings. The Morgan fingerprint density at radius 1 is 1.24 bits per heavy atom. The van der Waals surface area contributed by atoms with E-state index in [-0.39, 0.29) is 5.89 Å². The average Bonchev–Trinajstić information content (AvgIpc) is 2.87. The number of hydrogen-bond donors (Lipinski definition) is 1. The summed E-state index contributed by atoms with van der Waals surface area (Å²) in [5.41, 5.74) is 2.68. The summed E-state index contributed by atoms with van der Waals surface area (Å²) in [6.45, 7) is 7.89. The summed E-state index contributed by atoms with van der Waals surface area (Å²) in [4.78, 5) is 16.1. The van der Waals surface area contributed by atoms with E-state index in [1.54, 1.807) is 12.1 Å². The number of carbonyl (C=O) groups excluding carboxylic acids is 1. The van der Waals surface area contributed by atoms with Crippen LogP contribution in [0.3, 0.4) is 0 Å². The summed E-state index contributed by atoms with van der Waals surface area (Å²) in [5, 5.41) is 6.35. The third kappa shape index (κ3) is 5.97.